The van der Waals surface area contributed by atoms with Gasteiger partial charge in [-0.25, -0.2) is 4.79 Å². The first-order chi connectivity index (χ1) is 13.5. The van der Waals surface area contributed by atoms with Gasteiger partial charge in [0.15, 0.2) is 0 Å². The highest BCUT2D eigenvalue weighted by molar-refractivity contribution is 5.95. The summed E-state index contributed by atoms with van der Waals surface area (Å²) in [5.74, 6) is -0.104. The predicted octanol–water partition coefficient (Wildman–Crippen LogP) is 2.81. The van der Waals surface area contributed by atoms with Crippen LogP contribution in [0.1, 0.15) is 40.5 Å². The van der Waals surface area contributed by atoms with Crippen LogP contribution in [0.4, 0.5) is 16.2 Å². The molecule has 2 aliphatic heterocycles. The Morgan fingerprint density at radius 2 is 1.69 bits per heavy atom. The molecule has 0 bridgehead atoms. The molecule has 2 heterocycles. The van der Waals surface area contributed by atoms with Gasteiger partial charge < -0.3 is 25.1 Å². The average Bonchev–Trinajstić information content (AvgIpc) is 2.84. The molecule has 8 heteroatoms. The lowest BCUT2D eigenvalue weighted by molar-refractivity contribution is -0.134. The second-order valence-corrected chi connectivity index (χ2v) is 9.06. The third-order valence-electron chi connectivity index (χ3n) is 5.89. The van der Waals surface area contributed by atoms with Crippen LogP contribution in [0.15, 0.2) is 24.3 Å². The smallest absolute Gasteiger partial charge is 0.407 e. The molecule has 1 aromatic carbocycles. The minimum absolute atomic E-state index is 0.0356. The van der Waals surface area contributed by atoms with E-state index in [1.165, 1.54) is 11.8 Å². The molecule has 1 atom stereocenters. The van der Waals surface area contributed by atoms with Crippen molar-refractivity contribution in [1.29, 1.82) is 0 Å². The molecular formula is C21H30N4O4. The number of benzene rings is 1. The molecule has 2 N–H and O–H groups in total. The molecular weight excluding hydrogens is 372 g/mol. The molecule has 0 aliphatic carbocycles. The maximum Gasteiger partial charge on any atom is 0.407 e. The highest BCUT2D eigenvalue weighted by atomic mass is 16.4. The SMILES string of the molecule is CC(=O)Nc1ccc(N2C(C(C)(C)C)N(C)C(=O)C23CCN(C(=O)O)CC3)cc1. The summed E-state index contributed by atoms with van der Waals surface area (Å²) in [7, 11) is 1.83. The summed E-state index contributed by atoms with van der Waals surface area (Å²) in [4.78, 5) is 41.5. The first-order valence-electron chi connectivity index (χ1n) is 9.89. The topological polar surface area (TPSA) is 93.2 Å². The van der Waals surface area contributed by atoms with Gasteiger partial charge in [0.05, 0.1) is 0 Å². The van der Waals surface area contributed by atoms with E-state index >= 15 is 0 Å². The standard InChI is InChI=1S/C21H30N4O4/c1-14(26)22-15-6-8-16(9-7-15)25-17(20(2,3)4)23(5)18(27)21(25)10-12-24(13-11-21)19(28)29/h6-9,17H,10-13H2,1-5H3,(H,22,26)(H,28,29). The molecule has 0 saturated carbocycles. The Bertz CT molecular complexity index is 807. The second-order valence-electron chi connectivity index (χ2n) is 9.06. The summed E-state index contributed by atoms with van der Waals surface area (Å²) in [6, 6.07) is 7.50. The number of carbonyl (C=O) groups excluding carboxylic acids is 2. The van der Waals surface area contributed by atoms with Crippen molar-refractivity contribution in [2.45, 2.75) is 52.2 Å². The Kier molecular flexibility index (Phi) is 5.23. The Morgan fingerprint density at radius 3 is 2.14 bits per heavy atom. The van der Waals surface area contributed by atoms with E-state index in [2.05, 4.69) is 31.0 Å². The molecule has 3 amide bonds. The van der Waals surface area contributed by atoms with E-state index in [0.717, 1.165) is 5.69 Å². The van der Waals surface area contributed by atoms with E-state index in [-0.39, 0.29) is 23.4 Å². The fraction of sp³-hybridized carbons (Fsp3) is 0.571. The maximum absolute atomic E-state index is 13.5. The van der Waals surface area contributed by atoms with Gasteiger partial charge >= 0.3 is 6.09 Å². The summed E-state index contributed by atoms with van der Waals surface area (Å²) in [6.45, 7) is 8.42. The number of hydrogen-bond acceptors (Lipinski definition) is 4. The maximum atomic E-state index is 13.5. The zero-order valence-electron chi connectivity index (χ0n) is 17.7. The van der Waals surface area contributed by atoms with Crippen molar-refractivity contribution < 1.29 is 19.5 Å². The van der Waals surface area contributed by atoms with Crippen LogP contribution in [0.5, 0.6) is 0 Å². The lowest BCUT2D eigenvalue weighted by atomic mass is 9.84. The van der Waals surface area contributed by atoms with Crippen molar-refractivity contribution in [2.24, 2.45) is 5.41 Å². The van der Waals surface area contributed by atoms with Gasteiger partial charge in [0.1, 0.15) is 11.7 Å². The number of carbonyl (C=O) groups is 3. The Labute approximate surface area is 171 Å². The van der Waals surface area contributed by atoms with E-state index in [9.17, 15) is 19.5 Å². The molecule has 1 aromatic rings. The summed E-state index contributed by atoms with van der Waals surface area (Å²) in [6.07, 6.45) is -0.222. The number of nitrogens with one attached hydrogen (secondary N) is 1. The van der Waals surface area contributed by atoms with Crippen molar-refractivity contribution in [1.82, 2.24) is 9.80 Å². The van der Waals surface area contributed by atoms with Gasteiger partial charge in [-0.3, -0.25) is 9.59 Å². The highest BCUT2D eigenvalue weighted by Crippen LogP contribution is 2.46. The summed E-state index contributed by atoms with van der Waals surface area (Å²) < 4.78 is 0. The minimum Gasteiger partial charge on any atom is -0.465 e. The first-order valence-corrected chi connectivity index (χ1v) is 9.89. The number of hydrogen-bond donors (Lipinski definition) is 2. The van der Waals surface area contributed by atoms with Crippen LogP contribution in [0, 0.1) is 5.41 Å². The zero-order chi connectivity index (χ0) is 21.6. The summed E-state index contributed by atoms with van der Waals surface area (Å²) >= 11 is 0. The summed E-state index contributed by atoms with van der Waals surface area (Å²) in [5.41, 5.74) is 0.602. The Balaban J connectivity index is 2.03. The van der Waals surface area contributed by atoms with Gasteiger partial charge in [-0.1, -0.05) is 20.8 Å². The van der Waals surface area contributed by atoms with Gasteiger partial charge in [-0.05, 0) is 37.1 Å². The third kappa shape index (κ3) is 3.63. The predicted molar refractivity (Wildman–Crippen MR) is 111 cm³/mol. The minimum atomic E-state index is -0.947. The van der Waals surface area contributed by atoms with Crippen LogP contribution < -0.4 is 10.2 Å². The summed E-state index contributed by atoms with van der Waals surface area (Å²) in [5, 5.41) is 12.1. The van der Waals surface area contributed by atoms with Crippen molar-refractivity contribution in [2.75, 3.05) is 30.4 Å². The molecule has 158 valence electrons. The molecule has 0 aromatic heterocycles. The van der Waals surface area contributed by atoms with Crippen LogP contribution in [-0.4, -0.2) is 64.7 Å². The largest absolute Gasteiger partial charge is 0.465 e. The number of amides is 3. The van der Waals surface area contributed by atoms with Crippen molar-refractivity contribution in [3.05, 3.63) is 24.3 Å². The molecule has 2 saturated heterocycles. The fourth-order valence-electron chi connectivity index (χ4n) is 4.74. The third-order valence-corrected chi connectivity index (χ3v) is 5.89. The van der Waals surface area contributed by atoms with Gasteiger partial charge in [-0.15, -0.1) is 0 Å². The molecule has 2 aliphatic rings. The molecule has 2 fully saturated rings. The van der Waals surface area contributed by atoms with Gasteiger partial charge in [0, 0.05) is 43.9 Å². The van der Waals surface area contributed by atoms with Crippen molar-refractivity contribution >= 4 is 29.3 Å². The van der Waals surface area contributed by atoms with E-state index < -0.39 is 11.6 Å². The highest BCUT2D eigenvalue weighted by Gasteiger charge is 2.59. The van der Waals surface area contributed by atoms with Crippen molar-refractivity contribution in [3.63, 3.8) is 0 Å². The monoisotopic (exact) mass is 402 g/mol. The molecule has 1 spiro atoms. The van der Waals surface area contributed by atoms with E-state index in [0.29, 0.717) is 31.6 Å². The molecule has 8 nitrogen and oxygen atoms in total. The van der Waals surface area contributed by atoms with E-state index in [4.69, 9.17) is 0 Å². The molecule has 3 rings (SSSR count). The first kappa shape index (κ1) is 21.0. The lowest BCUT2D eigenvalue weighted by Gasteiger charge is -2.47. The number of rotatable bonds is 2. The number of anilines is 2. The molecule has 0 radical (unpaired) electrons. The Hall–Kier alpha value is -2.77. The van der Waals surface area contributed by atoms with Crippen LogP contribution >= 0.6 is 0 Å². The number of piperidine rings is 1. The molecule has 29 heavy (non-hydrogen) atoms. The number of likely N-dealkylation sites (tertiary alicyclic amines) is 1. The van der Waals surface area contributed by atoms with Gasteiger partial charge in [0.2, 0.25) is 11.8 Å². The number of carboxylic acid groups (broad SMARTS) is 1. The lowest BCUT2D eigenvalue weighted by Crippen LogP contribution is -2.59. The Morgan fingerprint density at radius 1 is 1.14 bits per heavy atom. The quantitative estimate of drug-likeness (QED) is 0.793. The normalized spacial score (nSPS) is 21.6. The van der Waals surface area contributed by atoms with Gasteiger partial charge in [0.25, 0.3) is 0 Å². The van der Waals surface area contributed by atoms with E-state index in [1.54, 1.807) is 4.90 Å². The van der Waals surface area contributed by atoms with Crippen LogP contribution in [0.3, 0.4) is 0 Å². The number of likely N-dealkylation sites (N-methyl/N-ethyl adjacent to an activating group) is 1. The molecule has 1 unspecified atom stereocenters. The average molecular weight is 402 g/mol. The zero-order valence-corrected chi connectivity index (χ0v) is 17.7. The van der Waals surface area contributed by atoms with Crippen LogP contribution in [0.25, 0.3) is 0 Å². The van der Waals surface area contributed by atoms with Crippen LogP contribution in [0.2, 0.25) is 0 Å². The number of nitrogens with zero attached hydrogens (tertiary/aromatic N) is 3. The fourth-order valence-corrected chi connectivity index (χ4v) is 4.74. The van der Waals surface area contributed by atoms with Gasteiger partial charge in [-0.2, -0.15) is 0 Å². The van der Waals surface area contributed by atoms with Crippen LogP contribution in [-0.2, 0) is 9.59 Å². The van der Waals surface area contributed by atoms with Crippen molar-refractivity contribution in [3.8, 4) is 0 Å². The second kappa shape index (κ2) is 7.24. The van der Waals surface area contributed by atoms with E-state index in [1.807, 2.05) is 31.3 Å².